The Morgan fingerprint density at radius 1 is 0.980 bits per heavy atom. The van der Waals surface area contributed by atoms with Gasteiger partial charge in [0.25, 0.3) is 0 Å². The highest BCUT2D eigenvalue weighted by atomic mass is 16.7. The number of fused-ring (bicyclic) bond motifs is 4. The molecule has 5 aliphatic carbocycles. The normalized spacial score (nSPS) is 50.3. The van der Waals surface area contributed by atoms with Crippen LogP contribution in [0.15, 0.2) is 0 Å². The van der Waals surface area contributed by atoms with E-state index in [1.807, 2.05) is 20.8 Å². The van der Waals surface area contributed by atoms with Gasteiger partial charge in [-0.3, -0.25) is 4.90 Å². The first kappa shape index (κ1) is 37.0. The molecule has 2 heterocycles. The van der Waals surface area contributed by atoms with Gasteiger partial charge in [-0.15, -0.1) is 0 Å². The maximum atomic E-state index is 12.7. The van der Waals surface area contributed by atoms with Gasteiger partial charge < -0.3 is 34.3 Å². The lowest BCUT2D eigenvalue weighted by Crippen LogP contribution is -2.58. The molecule has 0 amide bonds. The minimum atomic E-state index is -1.02. The molecule has 14 atom stereocenters. The largest absolute Gasteiger partial charge is 0.394 e. The van der Waals surface area contributed by atoms with Crippen molar-refractivity contribution in [2.24, 2.45) is 50.7 Å². The number of rotatable bonds is 8. The van der Waals surface area contributed by atoms with Crippen molar-refractivity contribution in [1.82, 2.24) is 4.90 Å². The van der Waals surface area contributed by atoms with Crippen LogP contribution in [-0.2, 0) is 18.9 Å². The van der Waals surface area contributed by atoms with Crippen LogP contribution < -0.4 is 0 Å². The highest BCUT2D eigenvalue weighted by Crippen LogP contribution is 2.88. The quantitative estimate of drug-likeness (QED) is 0.278. The van der Waals surface area contributed by atoms with Gasteiger partial charge >= 0.3 is 0 Å². The summed E-state index contributed by atoms with van der Waals surface area (Å²) in [5, 5.41) is 33.8. The smallest absolute Gasteiger partial charge is 0.170 e. The van der Waals surface area contributed by atoms with E-state index in [0.29, 0.717) is 48.8 Å². The average molecular weight is 690 g/mol. The third kappa shape index (κ3) is 5.17. The topological polar surface area (TPSA) is 101 Å². The molecule has 8 nitrogen and oxygen atoms in total. The van der Waals surface area contributed by atoms with Crippen molar-refractivity contribution in [2.75, 3.05) is 32.9 Å². The third-order valence-corrected chi connectivity index (χ3v) is 17.0. The predicted molar refractivity (Wildman–Crippen MR) is 190 cm³/mol. The molecule has 2 aliphatic heterocycles. The van der Waals surface area contributed by atoms with Crippen LogP contribution in [0.3, 0.4) is 0 Å². The Morgan fingerprint density at radius 2 is 1.67 bits per heavy atom. The van der Waals surface area contributed by atoms with E-state index >= 15 is 0 Å². The van der Waals surface area contributed by atoms with E-state index in [2.05, 4.69) is 53.4 Å². The van der Waals surface area contributed by atoms with E-state index in [1.54, 1.807) is 0 Å². The lowest BCUT2D eigenvalue weighted by molar-refractivity contribution is -0.249. The summed E-state index contributed by atoms with van der Waals surface area (Å²) in [5.41, 5.74) is -0.934. The van der Waals surface area contributed by atoms with Crippen LogP contribution in [0.4, 0.5) is 0 Å². The fourth-order valence-corrected chi connectivity index (χ4v) is 14.4. The zero-order valence-corrected chi connectivity index (χ0v) is 32.6. The zero-order valence-electron chi connectivity index (χ0n) is 32.6. The Labute approximate surface area is 297 Å². The molecule has 7 fully saturated rings. The van der Waals surface area contributed by atoms with E-state index < -0.39 is 17.8 Å². The summed E-state index contributed by atoms with van der Waals surface area (Å²) in [4.78, 5) is 2.32. The highest BCUT2D eigenvalue weighted by Gasteiger charge is 2.83. The van der Waals surface area contributed by atoms with Crippen LogP contribution >= 0.6 is 0 Å². The van der Waals surface area contributed by atoms with Gasteiger partial charge in [0.05, 0.1) is 49.8 Å². The zero-order chi connectivity index (χ0) is 35.6. The van der Waals surface area contributed by atoms with Gasteiger partial charge in [0, 0.05) is 24.1 Å². The van der Waals surface area contributed by atoms with E-state index in [-0.39, 0.29) is 58.4 Å². The highest BCUT2D eigenvalue weighted by molar-refractivity contribution is 5.32. The summed E-state index contributed by atoms with van der Waals surface area (Å²) < 4.78 is 26.3. The van der Waals surface area contributed by atoms with E-state index in [9.17, 15) is 15.3 Å². The molecule has 0 aromatic rings. The Balaban J connectivity index is 1.14. The number of hydrogen-bond donors (Lipinski definition) is 3. The molecule has 14 unspecified atom stereocenters. The second-order valence-corrected chi connectivity index (χ2v) is 20.3. The number of aliphatic hydroxyl groups excluding tert-OH is 2. The molecule has 7 aliphatic rings. The van der Waals surface area contributed by atoms with Crippen LogP contribution in [0.2, 0.25) is 0 Å². The molecule has 5 saturated carbocycles. The fraction of sp³-hybridized carbons (Fsp3) is 1.00. The van der Waals surface area contributed by atoms with Gasteiger partial charge in [-0.1, -0.05) is 41.0 Å². The first-order valence-electron chi connectivity index (χ1n) is 20.1. The van der Waals surface area contributed by atoms with Crippen molar-refractivity contribution in [3.63, 3.8) is 0 Å². The molecule has 0 aromatic heterocycles. The molecule has 8 heteroatoms. The summed E-state index contributed by atoms with van der Waals surface area (Å²) in [6, 6.07) is 0. The monoisotopic (exact) mass is 690 g/mol. The Bertz CT molecular complexity index is 1230. The minimum absolute atomic E-state index is 0.000776. The van der Waals surface area contributed by atoms with Crippen LogP contribution in [0.5, 0.6) is 0 Å². The lowest BCUT2D eigenvalue weighted by atomic mass is 9.45. The standard InChI is InChI=1S/C41H71NO7/c1-11-46-34(37(7,8)45)26-21-25(2)31-32(48-26)33(44)39(10)28-14-12-13-27-36(5,6)29(49-30-22-42(19-20-47-30)35(3,4)24-43)15-16-40(27)23-41(28,40)18-17-38(31,39)9/h25-34,43-45H,11-24H2,1-10H3. The first-order chi connectivity index (χ1) is 22.8. The average Bonchev–Trinajstić information content (AvgIpc) is 3.66. The van der Waals surface area contributed by atoms with Crippen LogP contribution in [-0.4, -0.2) is 101 Å². The first-order valence-corrected chi connectivity index (χ1v) is 20.1. The molecule has 282 valence electrons. The van der Waals surface area contributed by atoms with Crippen LogP contribution in [0, 0.1) is 50.7 Å². The van der Waals surface area contributed by atoms with Crippen molar-refractivity contribution in [2.45, 2.75) is 175 Å². The van der Waals surface area contributed by atoms with Crippen molar-refractivity contribution in [3.05, 3.63) is 0 Å². The Kier molecular flexibility index (Phi) is 9.14. The number of ether oxygens (including phenoxy) is 4. The summed E-state index contributed by atoms with van der Waals surface area (Å²) in [5.74, 6) is 1.73. The maximum Gasteiger partial charge on any atom is 0.170 e. The third-order valence-electron chi connectivity index (χ3n) is 17.0. The fourth-order valence-electron chi connectivity index (χ4n) is 14.4. The SMILES string of the molecule is CCOC(C1CC(C)C2C(O1)C(O)C1(C)C3CCCC4C(C)(C)C(OC5CN(C(C)(C)CO)CCO5)CCC45CC35CCC21C)C(C)(C)O. The second-order valence-electron chi connectivity index (χ2n) is 20.3. The van der Waals surface area contributed by atoms with Gasteiger partial charge in [-0.05, 0) is 131 Å². The van der Waals surface area contributed by atoms with Crippen molar-refractivity contribution in [3.8, 4) is 0 Å². The molecule has 0 aromatic carbocycles. The second kappa shape index (κ2) is 12.1. The van der Waals surface area contributed by atoms with Gasteiger partial charge in [0.1, 0.15) is 6.10 Å². The molecule has 7 rings (SSSR count). The summed E-state index contributed by atoms with van der Waals surface area (Å²) >= 11 is 0. The van der Waals surface area contributed by atoms with Gasteiger partial charge in [-0.2, -0.15) is 0 Å². The van der Waals surface area contributed by atoms with Crippen molar-refractivity contribution >= 4 is 0 Å². The Hall–Kier alpha value is -0.320. The maximum absolute atomic E-state index is 12.7. The predicted octanol–water partition coefficient (Wildman–Crippen LogP) is 6.18. The van der Waals surface area contributed by atoms with E-state index in [4.69, 9.17) is 18.9 Å². The van der Waals surface area contributed by atoms with Gasteiger partial charge in [0.2, 0.25) is 0 Å². The van der Waals surface area contributed by atoms with Crippen molar-refractivity contribution < 1.29 is 34.3 Å². The van der Waals surface area contributed by atoms with Crippen molar-refractivity contribution in [1.29, 1.82) is 0 Å². The molecular formula is C41H71NO7. The van der Waals surface area contributed by atoms with E-state index in [1.165, 1.54) is 38.5 Å². The minimum Gasteiger partial charge on any atom is -0.394 e. The lowest BCUT2D eigenvalue weighted by Gasteiger charge is -2.60. The summed E-state index contributed by atoms with van der Waals surface area (Å²) in [6.45, 7) is 25.0. The molecule has 2 saturated heterocycles. The number of nitrogens with zero attached hydrogens (tertiary/aromatic N) is 1. The number of morpholine rings is 1. The number of aliphatic hydroxyl groups is 3. The van der Waals surface area contributed by atoms with Gasteiger partial charge in [-0.25, -0.2) is 0 Å². The van der Waals surface area contributed by atoms with Crippen LogP contribution in [0.1, 0.15) is 127 Å². The Morgan fingerprint density at radius 3 is 2.35 bits per heavy atom. The van der Waals surface area contributed by atoms with E-state index in [0.717, 1.165) is 25.8 Å². The molecular weight excluding hydrogens is 618 g/mol. The molecule has 3 N–H and O–H groups in total. The molecule has 0 bridgehead atoms. The van der Waals surface area contributed by atoms with Gasteiger partial charge in [0.15, 0.2) is 6.29 Å². The summed E-state index contributed by atoms with van der Waals surface area (Å²) in [7, 11) is 0. The van der Waals surface area contributed by atoms with Crippen LogP contribution in [0.25, 0.3) is 0 Å². The number of hydrogen-bond acceptors (Lipinski definition) is 8. The molecule has 0 radical (unpaired) electrons. The molecule has 2 spiro atoms. The molecule has 49 heavy (non-hydrogen) atoms. The summed E-state index contributed by atoms with van der Waals surface area (Å²) in [6.07, 6.45) is 8.89.